The highest BCUT2D eigenvalue weighted by molar-refractivity contribution is 7.92. The molecule has 24 heavy (non-hydrogen) atoms. The number of aryl methyl sites for hydroxylation is 3. The molecule has 1 aromatic heterocycles. The number of anilines is 1. The molecule has 0 unspecified atom stereocenters. The molecule has 0 radical (unpaired) electrons. The molecule has 0 spiro atoms. The summed E-state index contributed by atoms with van der Waals surface area (Å²) in [4.78, 5) is 11.4. The van der Waals surface area contributed by atoms with Gasteiger partial charge in [-0.2, -0.15) is 0 Å². The average molecular weight is 367 g/mol. The Morgan fingerprint density at radius 3 is 2.50 bits per heavy atom. The van der Waals surface area contributed by atoms with Gasteiger partial charge in [0.15, 0.2) is 5.58 Å². The largest absolute Gasteiger partial charge is 0.419 e. The summed E-state index contributed by atoms with van der Waals surface area (Å²) in [5.41, 5.74) is 3.04. The minimum absolute atomic E-state index is 0.00948. The Balaban J connectivity index is 2.09. The van der Waals surface area contributed by atoms with Crippen molar-refractivity contribution in [1.82, 2.24) is 4.57 Å². The minimum atomic E-state index is -3.92. The van der Waals surface area contributed by atoms with Crippen molar-refractivity contribution in [3.8, 4) is 0 Å². The van der Waals surface area contributed by atoms with E-state index in [0.717, 1.165) is 11.1 Å². The van der Waals surface area contributed by atoms with E-state index in [1.807, 2.05) is 19.9 Å². The van der Waals surface area contributed by atoms with Crippen LogP contribution < -0.4 is 10.5 Å². The third kappa shape index (κ3) is 2.81. The molecule has 0 aliphatic carbocycles. The maximum atomic E-state index is 12.6. The molecular formula is C16H15ClN2O4S. The third-order valence-corrected chi connectivity index (χ3v) is 5.74. The van der Waals surface area contributed by atoms with Crippen LogP contribution in [0.3, 0.4) is 0 Å². The maximum absolute atomic E-state index is 12.6. The summed E-state index contributed by atoms with van der Waals surface area (Å²) in [6, 6.07) is 7.89. The first-order valence-corrected chi connectivity index (χ1v) is 8.94. The van der Waals surface area contributed by atoms with Crippen molar-refractivity contribution in [2.24, 2.45) is 7.05 Å². The number of hydrogen-bond acceptors (Lipinski definition) is 4. The van der Waals surface area contributed by atoms with E-state index in [2.05, 4.69) is 4.72 Å². The Morgan fingerprint density at radius 1 is 1.12 bits per heavy atom. The van der Waals surface area contributed by atoms with Crippen molar-refractivity contribution in [2.75, 3.05) is 4.72 Å². The highest BCUT2D eigenvalue weighted by atomic mass is 35.5. The van der Waals surface area contributed by atoms with E-state index in [1.165, 1.54) is 23.7 Å². The molecule has 0 bridgehead atoms. The van der Waals surface area contributed by atoms with Crippen LogP contribution in [-0.2, 0) is 17.1 Å². The number of sulfonamides is 1. The molecular weight excluding hydrogens is 352 g/mol. The first-order valence-electron chi connectivity index (χ1n) is 7.08. The van der Waals surface area contributed by atoms with Crippen LogP contribution in [0.2, 0.25) is 5.02 Å². The van der Waals surface area contributed by atoms with Gasteiger partial charge in [-0.15, -0.1) is 0 Å². The summed E-state index contributed by atoms with van der Waals surface area (Å²) >= 11 is 6.12. The van der Waals surface area contributed by atoms with Gasteiger partial charge in [-0.3, -0.25) is 9.29 Å². The molecule has 1 heterocycles. The standard InChI is InChI=1S/C16H15ClN2O4S/c1-9-4-5-11(6-10(9)2)18-24(21,22)15-8-14-13(7-12(15)17)19(3)16(20)23-14/h4-8,18H,1-3H3. The lowest BCUT2D eigenvalue weighted by Gasteiger charge is -2.11. The van der Waals surface area contributed by atoms with E-state index in [0.29, 0.717) is 11.2 Å². The second-order valence-corrected chi connectivity index (χ2v) is 7.64. The topological polar surface area (TPSA) is 81.3 Å². The van der Waals surface area contributed by atoms with Gasteiger partial charge in [-0.1, -0.05) is 17.7 Å². The number of rotatable bonds is 3. The number of nitrogens with one attached hydrogen (secondary N) is 1. The zero-order valence-corrected chi connectivity index (χ0v) is 14.8. The first-order chi connectivity index (χ1) is 11.2. The average Bonchev–Trinajstić information content (AvgIpc) is 2.77. The predicted molar refractivity (Wildman–Crippen MR) is 93.2 cm³/mol. The van der Waals surface area contributed by atoms with Gasteiger partial charge in [0, 0.05) is 18.8 Å². The summed E-state index contributed by atoms with van der Waals surface area (Å²) in [6.07, 6.45) is 0. The zero-order chi connectivity index (χ0) is 17.6. The second-order valence-electron chi connectivity index (χ2n) is 5.58. The van der Waals surface area contributed by atoms with Crippen molar-refractivity contribution in [3.63, 3.8) is 0 Å². The van der Waals surface area contributed by atoms with Crippen LogP contribution in [0.15, 0.2) is 44.4 Å². The number of fused-ring (bicyclic) bond motifs is 1. The molecule has 6 nitrogen and oxygen atoms in total. The summed E-state index contributed by atoms with van der Waals surface area (Å²) in [5, 5.41) is 0.00948. The highest BCUT2D eigenvalue weighted by Gasteiger charge is 2.21. The number of aromatic nitrogens is 1. The monoisotopic (exact) mass is 366 g/mol. The SMILES string of the molecule is Cc1ccc(NS(=O)(=O)c2cc3oc(=O)n(C)c3cc2Cl)cc1C. The fourth-order valence-electron chi connectivity index (χ4n) is 2.35. The number of benzene rings is 2. The van der Waals surface area contributed by atoms with Gasteiger partial charge in [-0.25, -0.2) is 13.2 Å². The lowest BCUT2D eigenvalue weighted by molar-refractivity contribution is 0.527. The Morgan fingerprint density at radius 2 is 1.83 bits per heavy atom. The van der Waals surface area contributed by atoms with Gasteiger partial charge in [0.05, 0.1) is 10.5 Å². The maximum Gasteiger partial charge on any atom is 0.419 e. The molecule has 3 aromatic rings. The Bertz CT molecular complexity index is 1110. The molecule has 1 N–H and O–H groups in total. The van der Waals surface area contributed by atoms with Gasteiger partial charge in [0.1, 0.15) is 4.90 Å². The van der Waals surface area contributed by atoms with Gasteiger partial charge in [0.25, 0.3) is 10.0 Å². The Kier molecular flexibility index (Phi) is 3.93. The van der Waals surface area contributed by atoms with E-state index in [-0.39, 0.29) is 15.5 Å². The molecule has 3 rings (SSSR count). The predicted octanol–water partition coefficient (Wildman–Crippen LogP) is 3.20. The number of hydrogen-bond donors (Lipinski definition) is 1. The van der Waals surface area contributed by atoms with Crippen LogP contribution >= 0.6 is 11.6 Å². The fourth-order valence-corrected chi connectivity index (χ4v) is 3.94. The fraction of sp³-hybridized carbons (Fsp3) is 0.188. The van der Waals surface area contributed by atoms with E-state index < -0.39 is 15.8 Å². The summed E-state index contributed by atoms with van der Waals surface area (Å²) < 4.78 is 34.0. The lowest BCUT2D eigenvalue weighted by atomic mass is 10.1. The number of halogens is 1. The van der Waals surface area contributed by atoms with Crippen molar-refractivity contribution >= 4 is 38.4 Å². The number of oxazole rings is 1. The van der Waals surface area contributed by atoms with E-state index in [9.17, 15) is 13.2 Å². The van der Waals surface area contributed by atoms with Crippen LogP contribution in [-0.4, -0.2) is 13.0 Å². The van der Waals surface area contributed by atoms with Crippen molar-refractivity contribution < 1.29 is 12.8 Å². The molecule has 0 amide bonds. The van der Waals surface area contributed by atoms with E-state index in [1.54, 1.807) is 12.1 Å². The molecule has 0 atom stereocenters. The third-order valence-electron chi connectivity index (χ3n) is 3.89. The quantitative estimate of drug-likeness (QED) is 0.771. The number of nitrogens with zero attached hydrogens (tertiary/aromatic N) is 1. The highest BCUT2D eigenvalue weighted by Crippen LogP contribution is 2.29. The van der Waals surface area contributed by atoms with Gasteiger partial charge in [0.2, 0.25) is 0 Å². The minimum Gasteiger partial charge on any atom is -0.408 e. The molecule has 0 saturated heterocycles. The second kappa shape index (κ2) is 5.68. The molecule has 0 saturated carbocycles. The van der Waals surface area contributed by atoms with Crippen LogP contribution in [0.5, 0.6) is 0 Å². The van der Waals surface area contributed by atoms with Crippen molar-refractivity contribution in [1.29, 1.82) is 0 Å². The lowest BCUT2D eigenvalue weighted by Crippen LogP contribution is -2.13. The van der Waals surface area contributed by atoms with Crippen LogP contribution in [0.1, 0.15) is 11.1 Å². The Labute approximate surface area is 143 Å². The molecule has 8 heteroatoms. The van der Waals surface area contributed by atoms with Gasteiger partial charge in [-0.05, 0) is 43.2 Å². The normalized spacial score (nSPS) is 11.8. The molecule has 0 fully saturated rings. The summed E-state index contributed by atoms with van der Waals surface area (Å²) in [6.45, 7) is 3.83. The zero-order valence-electron chi connectivity index (χ0n) is 13.3. The van der Waals surface area contributed by atoms with Crippen molar-refractivity contribution in [2.45, 2.75) is 18.7 Å². The molecule has 0 aliphatic heterocycles. The Hall–Kier alpha value is -2.25. The van der Waals surface area contributed by atoms with Crippen LogP contribution in [0.25, 0.3) is 11.1 Å². The van der Waals surface area contributed by atoms with Gasteiger partial charge >= 0.3 is 5.76 Å². The van der Waals surface area contributed by atoms with Gasteiger partial charge < -0.3 is 4.42 Å². The molecule has 0 aliphatic rings. The summed E-state index contributed by atoms with van der Waals surface area (Å²) in [7, 11) is -2.40. The smallest absolute Gasteiger partial charge is 0.408 e. The van der Waals surface area contributed by atoms with E-state index >= 15 is 0 Å². The molecule has 126 valence electrons. The van der Waals surface area contributed by atoms with Crippen LogP contribution in [0.4, 0.5) is 5.69 Å². The van der Waals surface area contributed by atoms with E-state index in [4.69, 9.17) is 16.0 Å². The first kappa shape index (κ1) is 16.6. The molecule has 2 aromatic carbocycles. The van der Waals surface area contributed by atoms with Crippen LogP contribution in [0, 0.1) is 13.8 Å². The summed E-state index contributed by atoms with van der Waals surface area (Å²) in [5.74, 6) is -0.585. The van der Waals surface area contributed by atoms with Crippen molar-refractivity contribution in [3.05, 3.63) is 57.0 Å².